The van der Waals surface area contributed by atoms with Gasteiger partial charge in [-0.05, 0) is 24.8 Å². The van der Waals surface area contributed by atoms with Crippen LogP contribution in [0.1, 0.15) is 27.2 Å². The van der Waals surface area contributed by atoms with Crippen molar-refractivity contribution >= 4 is 17.8 Å². The SMILES string of the molecule is [3H][C@]1(O)C[C@H]2[C@H](C(=O)OCC)[C@H]2[C@]1(NC(C)=O)C(=O)OCc1ccccc1. The zero-order chi connectivity index (χ0) is 19.8. The molecule has 140 valence electrons. The van der Waals surface area contributed by atoms with Crippen LogP contribution in [-0.4, -0.2) is 41.2 Å². The van der Waals surface area contributed by atoms with Crippen LogP contribution in [0, 0.1) is 17.8 Å². The minimum atomic E-state index is -2.27. The molecule has 2 N–H and O–H groups in total. The molecule has 1 aromatic carbocycles. The van der Waals surface area contributed by atoms with Crippen molar-refractivity contribution in [1.29, 1.82) is 0 Å². The van der Waals surface area contributed by atoms with Crippen molar-refractivity contribution in [3.63, 3.8) is 0 Å². The summed E-state index contributed by atoms with van der Waals surface area (Å²) in [5.41, 5.74) is -1.28. The lowest BCUT2D eigenvalue weighted by molar-refractivity contribution is -0.162. The highest BCUT2D eigenvalue weighted by molar-refractivity contribution is 5.92. The fourth-order valence-corrected chi connectivity index (χ4v) is 3.93. The number of ether oxygens (including phenoxy) is 2. The summed E-state index contributed by atoms with van der Waals surface area (Å²) in [5.74, 6) is -3.79. The number of rotatable bonds is 6. The highest BCUT2D eigenvalue weighted by atomic mass is 16.5. The third-order valence-electron chi connectivity index (χ3n) is 5.02. The summed E-state index contributed by atoms with van der Waals surface area (Å²) in [5, 5.41) is 13.1. The quantitative estimate of drug-likeness (QED) is 0.725. The molecular weight excluding hydrogens is 338 g/mol. The van der Waals surface area contributed by atoms with Gasteiger partial charge in [-0.3, -0.25) is 9.59 Å². The molecule has 2 aliphatic rings. The number of esters is 2. The number of fused-ring (bicyclic) bond motifs is 1. The van der Waals surface area contributed by atoms with Crippen molar-refractivity contribution in [2.45, 2.75) is 38.5 Å². The highest BCUT2D eigenvalue weighted by Gasteiger charge is 2.76. The molecule has 0 heterocycles. The maximum absolute atomic E-state index is 13.0. The van der Waals surface area contributed by atoms with Crippen LogP contribution in [0.2, 0.25) is 0 Å². The standard InChI is InChI=1S/C19H23NO6/c1-3-25-17(23)15-13-9-14(22)19(16(13)15,20-11(2)21)18(24)26-10-12-7-5-4-6-8-12/h4-8,13-16,22H,3,9-10H2,1-2H3,(H,20,21)/t13-,14-,15-,16-,19-/m0/s1/i14T. The van der Waals surface area contributed by atoms with Crippen molar-refractivity contribution in [2.75, 3.05) is 6.61 Å². The molecule has 0 unspecified atom stereocenters. The van der Waals surface area contributed by atoms with Crippen molar-refractivity contribution in [3.05, 3.63) is 35.9 Å². The first-order valence-corrected chi connectivity index (χ1v) is 8.63. The Morgan fingerprint density at radius 3 is 2.62 bits per heavy atom. The summed E-state index contributed by atoms with van der Waals surface area (Å²) in [6, 6.07) is 8.93. The Kier molecular flexibility index (Phi) is 4.63. The van der Waals surface area contributed by atoms with E-state index in [4.69, 9.17) is 10.8 Å². The van der Waals surface area contributed by atoms with Crippen molar-refractivity contribution < 1.29 is 30.3 Å². The molecule has 7 nitrogen and oxygen atoms in total. The average Bonchev–Trinajstić information content (AvgIpc) is 3.25. The van der Waals surface area contributed by atoms with Crippen LogP contribution in [0.4, 0.5) is 0 Å². The summed E-state index contributed by atoms with van der Waals surface area (Å²) >= 11 is 0. The zero-order valence-corrected chi connectivity index (χ0v) is 14.7. The predicted octanol–water partition coefficient (Wildman–Crippen LogP) is 0.795. The normalized spacial score (nSPS) is 35.0. The molecule has 0 aromatic heterocycles. The van der Waals surface area contributed by atoms with E-state index < -0.39 is 47.2 Å². The van der Waals surface area contributed by atoms with E-state index in [2.05, 4.69) is 5.32 Å². The smallest absolute Gasteiger partial charge is 0.335 e. The minimum Gasteiger partial charge on any atom is -0.466 e. The van der Waals surface area contributed by atoms with Crippen molar-refractivity contribution in [2.24, 2.45) is 17.8 Å². The van der Waals surface area contributed by atoms with Crippen LogP contribution >= 0.6 is 0 Å². The number of aliphatic hydroxyl groups is 1. The lowest BCUT2D eigenvalue weighted by Crippen LogP contribution is -2.62. The number of nitrogens with one attached hydrogen (secondary N) is 1. The second-order valence-electron chi connectivity index (χ2n) is 6.67. The predicted molar refractivity (Wildman–Crippen MR) is 90.5 cm³/mol. The Hall–Kier alpha value is -2.41. The Bertz CT molecular complexity index is 752. The number of amides is 1. The molecule has 2 fully saturated rings. The summed E-state index contributed by atoms with van der Waals surface area (Å²) in [6.07, 6.45) is -2.40. The van der Waals surface area contributed by atoms with E-state index >= 15 is 0 Å². The van der Waals surface area contributed by atoms with Crippen LogP contribution < -0.4 is 5.32 Å². The average molecular weight is 363 g/mol. The number of benzene rings is 1. The lowest BCUT2D eigenvalue weighted by Gasteiger charge is -2.34. The van der Waals surface area contributed by atoms with Gasteiger partial charge in [-0.1, -0.05) is 30.3 Å². The molecule has 26 heavy (non-hydrogen) atoms. The van der Waals surface area contributed by atoms with Crippen LogP contribution in [0.5, 0.6) is 0 Å². The second kappa shape index (κ2) is 7.07. The summed E-state index contributed by atoms with van der Waals surface area (Å²) in [6.45, 7) is 2.98. The lowest BCUT2D eigenvalue weighted by atomic mass is 9.87. The van der Waals surface area contributed by atoms with E-state index in [9.17, 15) is 19.5 Å². The Morgan fingerprint density at radius 1 is 1.31 bits per heavy atom. The van der Waals surface area contributed by atoms with Crippen molar-refractivity contribution in [1.82, 2.24) is 5.32 Å². The van der Waals surface area contributed by atoms with Gasteiger partial charge < -0.3 is 19.9 Å². The largest absolute Gasteiger partial charge is 0.466 e. The molecule has 0 aliphatic heterocycles. The maximum atomic E-state index is 13.0. The number of carbonyl (C=O) groups excluding carboxylic acids is 3. The molecule has 1 amide bonds. The molecule has 2 saturated carbocycles. The van der Waals surface area contributed by atoms with E-state index in [0.29, 0.717) is 0 Å². The molecule has 0 saturated heterocycles. The molecule has 3 rings (SSSR count). The summed E-state index contributed by atoms with van der Waals surface area (Å²) < 4.78 is 18.7. The van der Waals surface area contributed by atoms with Gasteiger partial charge in [-0.2, -0.15) is 0 Å². The second-order valence-corrected chi connectivity index (χ2v) is 6.67. The first kappa shape index (κ1) is 17.0. The maximum Gasteiger partial charge on any atom is 0.335 e. The van der Waals surface area contributed by atoms with Gasteiger partial charge in [-0.15, -0.1) is 0 Å². The Balaban J connectivity index is 1.87. The molecule has 0 spiro atoms. The zero-order valence-electron chi connectivity index (χ0n) is 15.7. The van der Waals surface area contributed by atoms with Gasteiger partial charge in [0.2, 0.25) is 5.91 Å². The molecule has 7 heteroatoms. The van der Waals surface area contributed by atoms with Crippen LogP contribution in [0.3, 0.4) is 0 Å². The molecule has 1 aromatic rings. The van der Waals surface area contributed by atoms with E-state index in [1.165, 1.54) is 6.92 Å². The first-order chi connectivity index (χ1) is 12.7. The Morgan fingerprint density at radius 2 is 2.00 bits per heavy atom. The van der Waals surface area contributed by atoms with E-state index in [1.807, 2.05) is 6.07 Å². The molecule has 5 atom stereocenters. The number of carbonyl (C=O) groups is 3. The number of hydrogen-bond donors (Lipinski definition) is 2. The number of hydrogen-bond acceptors (Lipinski definition) is 6. The third-order valence-corrected chi connectivity index (χ3v) is 5.02. The van der Waals surface area contributed by atoms with E-state index in [0.717, 1.165) is 5.56 Å². The highest BCUT2D eigenvalue weighted by Crippen LogP contribution is 2.63. The summed E-state index contributed by atoms with van der Waals surface area (Å²) in [7, 11) is 0. The fraction of sp³-hybridized carbons (Fsp3) is 0.526. The fourth-order valence-electron chi connectivity index (χ4n) is 3.93. The van der Waals surface area contributed by atoms with E-state index in [-0.39, 0.29) is 19.6 Å². The van der Waals surface area contributed by atoms with Crippen molar-refractivity contribution in [3.8, 4) is 0 Å². The van der Waals surface area contributed by atoms with Gasteiger partial charge in [-0.25, -0.2) is 4.79 Å². The molecule has 0 bridgehead atoms. The van der Waals surface area contributed by atoms with Gasteiger partial charge in [0.05, 0.1) is 20.0 Å². The Labute approximate surface area is 153 Å². The van der Waals surface area contributed by atoms with Gasteiger partial charge in [0, 0.05) is 12.8 Å². The van der Waals surface area contributed by atoms with Gasteiger partial charge in [0.1, 0.15) is 6.61 Å². The molecule has 0 radical (unpaired) electrons. The van der Waals surface area contributed by atoms with Gasteiger partial charge in [0.15, 0.2) is 5.54 Å². The first-order valence-electron chi connectivity index (χ1n) is 9.13. The van der Waals surface area contributed by atoms with Crippen LogP contribution in [0.15, 0.2) is 30.3 Å². The molecule has 2 aliphatic carbocycles. The van der Waals surface area contributed by atoms with Gasteiger partial charge in [0.25, 0.3) is 0 Å². The third kappa shape index (κ3) is 3.07. The van der Waals surface area contributed by atoms with Crippen LogP contribution in [-0.2, 0) is 30.5 Å². The van der Waals surface area contributed by atoms with Crippen LogP contribution in [0.25, 0.3) is 0 Å². The topological polar surface area (TPSA) is 102 Å². The molecular formula is C19H23NO6. The summed E-state index contributed by atoms with van der Waals surface area (Å²) in [4.78, 5) is 37.0. The minimum absolute atomic E-state index is 0.0709. The monoisotopic (exact) mass is 363 g/mol. The van der Waals surface area contributed by atoms with Gasteiger partial charge >= 0.3 is 11.9 Å². The van der Waals surface area contributed by atoms with E-state index in [1.54, 1.807) is 31.2 Å².